The average molecular weight is 319 g/mol. The SMILES string of the molecule is O=C(CCl)NCc1csc2ccc(Br)cc12. The third kappa shape index (κ3) is 2.56. The van der Waals surface area contributed by atoms with E-state index in [4.69, 9.17) is 11.6 Å². The van der Waals surface area contributed by atoms with Crippen molar-refractivity contribution in [2.24, 2.45) is 0 Å². The second kappa shape index (κ2) is 5.17. The van der Waals surface area contributed by atoms with Gasteiger partial charge in [-0.25, -0.2) is 0 Å². The summed E-state index contributed by atoms with van der Waals surface area (Å²) in [5.74, 6) is -0.137. The van der Waals surface area contributed by atoms with Crippen LogP contribution >= 0.6 is 38.9 Å². The Kier molecular flexibility index (Phi) is 3.84. The number of amides is 1. The van der Waals surface area contributed by atoms with Crippen LogP contribution in [0.15, 0.2) is 28.1 Å². The number of thiophene rings is 1. The number of fused-ring (bicyclic) bond motifs is 1. The van der Waals surface area contributed by atoms with Crippen molar-refractivity contribution >= 4 is 54.9 Å². The minimum atomic E-state index is -0.143. The Bertz CT molecular complexity index is 526. The lowest BCUT2D eigenvalue weighted by Gasteiger charge is -2.01. The van der Waals surface area contributed by atoms with Crippen LogP contribution in [-0.4, -0.2) is 11.8 Å². The highest BCUT2D eigenvalue weighted by Crippen LogP contribution is 2.28. The molecule has 1 N–H and O–H groups in total. The largest absolute Gasteiger partial charge is 0.351 e. The number of halogens is 2. The number of nitrogens with one attached hydrogen (secondary N) is 1. The molecule has 5 heteroatoms. The lowest BCUT2D eigenvalue weighted by Crippen LogP contribution is -2.23. The molecule has 0 fully saturated rings. The molecule has 2 rings (SSSR count). The van der Waals surface area contributed by atoms with Crippen molar-refractivity contribution < 1.29 is 4.79 Å². The number of carbonyl (C=O) groups excluding carboxylic acids is 1. The number of rotatable bonds is 3. The standard InChI is InChI=1S/C11H9BrClNOS/c12-8-1-2-10-9(3-8)7(6-16-10)5-14-11(15)4-13/h1-3,6H,4-5H2,(H,14,15). The Morgan fingerprint density at radius 1 is 1.50 bits per heavy atom. The van der Waals surface area contributed by atoms with Crippen molar-refractivity contribution in [1.29, 1.82) is 0 Å². The van der Waals surface area contributed by atoms with Gasteiger partial charge in [-0.15, -0.1) is 22.9 Å². The molecule has 0 aliphatic rings. The normalized spacial score (nSPS) is 10.6. The molecule has 0 atom stereocenters. The first-order valence-corrected chi connectivity index (χ1v) is 6.89. The summed E-state index contributed by atoms with van der Waals surface area (Å²) >= 11 is 10.5. The molecule has 84 valence electrons. The molecule has 1 amide bonds. The van der Waals surface area contributed by atoms with Gasteiger partial charge in [-0.3, -0.25) is 4.79 Å². The summed E-state index contributed by atoms with van der Waals surface area (Å²) in [7, 11) is 0. The minimum Gasteiger partial charge on any atom is -0.351 e. The first kappa shape index (κ1) is 11.9. The van der Waals surface area contributed by atoms with E-state index < -0.39 is 0 Å². The van der Waals surface area contributed by atoms with E-state index in [9.17, 15) is 4.79 Å². The molecular formula is C11H9BrClNOS. The molecule has 0 spiro atoms. The zero-order valence-electron chi connectivity index (χ0n) is 8.30. The highest BCUT2D eigenvalue weighted by molar-refractivity contribution is 9.10. The maximum Gasteiger partial charge on any atom is 0.235 e. The number of benzene rings is 1. The number of carbonyl (C=O) groups is 1. The van der Waals surface area contributed by atoms with Crippen molar-refractivity contribution in [2.45, 2.75) is 6.54 Å². The zero-order valence-corrected chi connectivity index (χ0v) is 11.5. The quantitative estimate of drug-likeness (QED) is 0.862. The molecule has 1 heterocycles. The topological polar surface area (TPSA) is 29.1 Å². The number of hydrogen-bond donors (Lipinski definition) is 1. The van der Waals surface area contributed by atoms with E-state index in [1.54, 1.807) is 11.3 Å². The fourth-order valence-electron chi connectivity index (χ4n) is 1.43. The van der Waals surface area contributed by atoms with Crippen LogP contribution in [0.3, 0.4) is 0 Å². The molecule has 0 saturated carbocycles. The molecule has 2 aromatic rings. The lowest BCUT2D eigenvalue weighted by atomic mass is 10.2. The summed E-state index contributed by atoms with van der Waals surface area (Å²) in [6, 6.07) is 6.14. The van der Waals surface area contributed by atoms with Crippen LogP contribution in [0.4, 0.5) is 0 Å². The van der Waals surface area contributed by atoms with Crippen LogP contribution in [0, 0.1) is 0 Å². The fraction of sp³-hybridized carbons (Fsp3) is 0.182. The lowest BCUT2D eigenvalue weighted by molar-refractivity contribution is -0.118. The molecule has 2 nitrogen and oxygen atoms in total. The van der Waals surface area contributed by atoms with E-state index in [1.807, 2.05) is 6.07 Å². The van der Waals surface area contributed by atoms with E-state index in [1.165, 1.54) is 10.1 Å². The Morgan fingerprint density at radius 2 is 2.31 bits per heavy atom. The van der Waals surface area contributed by atoms with Gasteiger partial charge in [-0.1, -0.05) is 15.9 Å². The van der Waals surface area contributed by atoms with Gasteiger partial charge in [0.05, 0.1) is 0 Å². The maximum absolute atomic E-state index is 11.1. The molecule has 0 radical (unpaired) electrons. The minimum absolute atomic E-state index is 0.00572. The molecule has 0 aliphatic heterocycles. The fourth-order valence-corrected chi connectivity index (χ4v) is 2.83. The van der Waals surface area contributed by atoms with E-state index in [2.05, 4.69) is 38.8 Å². The van der Waals surface area contributed by atoms with Crippen molar-refractivity contribution in [3.05, 3.63) is 33.6 Å². The van der Waals surface area contributed by atoms with Gasteiger partial charge < -0.3 is 5.32 Å². The Hall–Kier alpha value is -0.580. The Morgan fingerprint density at radius 3 is 3.06 bits per heavy atom. The van der Waals surface area contributed by atoms with Crippen molar-refractivity contribution in [1.82, 2.24) is 5.32 Å². The molecule has 0 bridgehead atoms. The summed E-state index contributed by atoms with van der Waals surface area (Å²) in [4.78, 5) is 11.1. The second-order valence-corrected chi connectivity index (χ2v) is 5.41. The van der Waals surface area contributed by atoms with Gasteiger partial charge in [-0.05, 0) is 34.5 Å². The predicted molar refractivity (Wildman–Crippen MR) is 72.1 cm³/mol. The molecule has 16 heavy (non-hydrogen) atoms. The van der Waals surface area contributed by atoms with Gasteiger partial charge in [0, 0.05) is 15.7 Å². The zero-order chi connectivity index (χ0) is 11.5. The Balaban J connectivity index is 2.24. The van der Waals surface area contributed by atoms with Crippen LogP contribution < -0.4 is 5.32 Å². The van der Waals surface area contributed by atoms with Crippen LogP contribution in [0.5, 0.6) is 0 Å². The first-order chi connectivity index (χ1) is 7.70. The summed E-state index contributed by atoms with van der Waals surface area (Å²) in [6.45, 7) is 0.530. The van der Waals surface area contributed by atoms with Gasteiger partial charge in [0.25, 0.3) is 0 Å². The molecule has 1 aromatic heterocycles. The van der Waals surface area contributed by atoms with E-state index in [0.29, 0.717) is 6.54 Å². The molecular weight excluding hydrogens is 310 g/mol. The van der Waals surface area contributed by atoms with Gasteiger partial charge in [0.15, 0.2) is 0 Å². The third-order valence-electron chi connectivity index (χ3n) is 2.21. The molecule has 0 aliphatic carbocycles. The maximum atomic E-state index is 11.1. The molecule has 0 unspecified atom stereocenters. The van der Waals surface area contributed by atoms with E-state index in [-0.39, 0.29) is 11.8 Å². The van der Waals surface area contributed by atoms with Crippen molar-refractivity contribution in [3.63, 3.8) is 0 Å². The van der Waals surface area contributed by atoms with Crippen molar-refractivity contribution in [2.75, 3.05) is 5.88 Å². The predicted octanol–water partition coefficient (Wildman–Crippen LogP) is 3.52. The van der Waals surface area contributed by atoms with Crippen LogP contribution in [0.2, 0.25) is 0 Å². The number of alkyl halides is 1. The van der Waals surface area contributed by atoms with Crippen LogP contribution in [-0.2, 0) is 11.3 Å². The summed E-state index contributed by atoms with van der Waals surface area (Å²) in [5, 5.41) is 6.00. The summed E-state index contributed by atoms with van der Waals surface area (Å²) < 4.78 is 2.27. The van der Waals surface area contributed by atoms with Gasteiger partial charge >= 0.3 is 0 Å². The van der Waals surface area contributed by atoms with Crippen LogP contribution in [0.25, 0.3) is 10.1 Å². The van der Waals surface area contributed by atoms with Gasteiger partial charge in [0.1, 0.15) is 5.88 Å². The number of hydrogen-bond acceptors (Lipinski definition) is 2. The van der Waals surface area contributed by atoms with Gasteiger partial charge in [-0.2, -0.15) is 0 Å². The molecule has 0 saturated heterocycles. The summed E-state index contributed by atoms with van der Waals surface area (Å²) in [5.41, 5.74) is 1.12. The molecule has 1 aromatic carbocycles. The smallest absolute Gasteiger partial charge is 0.235 e. The average Bonchev–Trinajstić information content (AvgIpc) is 2.68. The van der Waals surface area contributed by atoms with Crippen molar-refractivity contribution in [3.8, 4) is 0 Å². The monoisotopic (exact) mass is 317 g/mol. The Labute approximate surface area is 111 Å². The van der Waals surface area contributed by atoms with Crippen LogP contribution in [0.1, 0.15) is 5.56 Å². The first-order valence-electron chi connectivity index (χ1n) is 4.69. The third-order valence-corrected chi connectivity index (χ3v) is 3.96. The summed E-state index contributed by atoms with van der Waals surface area (Å²) in [6.07, 6.45) is 0. The van der Waals surface area contributed by atoms with E-state index in [0.717, 1.165) is 10.0 Å². The van der Waals surface area contributed by atoms with Gasteiger partial charge in [0.2, 0.25) is 5.91 Å². The van der Waals surface area contributed by atoms with E-state index >= 15 is 0 Å². The highest BCUT2D eigenvalue weighted by atomic mass is 79.9. The second-order valence-electron chi connectivity index (χ2n) is 3.31. The highest BCUT2D eigenvalue weighted by Gasteiger charge is 2.05.